The van der Waals surface area contributed by atoms with Crippen molar-refractivity contribution in [1.82, 2.24) is 10.6 Å². The Labute approximate surface area is 176 Å². The second-order valence-corrected chi connectivity index (χ2v) is 8.42. The van der Waals surface area contributed by atoms with Gasteiger partial charge in [-0.3, -0.25) is 4.79 Å². The number of thiophene rings is 1. The zero-order valence-electron chi connectivity index (χ0n) is 17.1. The highest BCUT2D eigenvalue weighted by Crippen LogP contribution is 2.24. The molecule has 156 valence electrons. The van der Waals surface area contributed by atoms with E-state index in [-0.39, 0.29) is 5.91 Å². The summed E-state index contributed by atoms with van der Waals surface area (Å²) in [4.78, 5) is 19.5. The molecule has 2 heterocycles. The highest BCUT2D eigenvalue weighted by molar-refractivity contribution is 7.10. The van der Waals surface area contributed by atoms with E-state index in [2.05, 4.69) is 15.6 Å². The van der Waals surface area contributed by atoms with Crippen LogP contribution in [0.15, 0.2) is 46.8 Å². The van der Waals surface area contributed by atoms with Crippen molar-refractivity contribution in [3.8, 4) is 0 Å². The molecule has 0 aliphatic carbocycles. The number of aliphatic imine (C=N–C) groups is 1. The number of benzene rings is 1. The highest BCUT2D eigenvalue weighted by atomic mass is 32.1. The van der Waals surface area contributed by atoms with Crippen LogP contribution in [0.2, 0.25) is 0 Å². The number of rotatable bonds is 7. The van der Waals surface area contributed by atoms with Gasteiger partial charge in [0.2, 0.25) is 5.91 Å². The lowest BCUT2D eigenvalue weighted by molar-refractivity contribution is -0.119. The summed E-state index contributed by atoms with van der Waals surface area (Å²) in [6.45, 7) is 6.24. The van der Waals surface area contributed by atoms with Gasteiger partial charge < -0.3 is 20.6 Å². The molecule has 0 saturated carbocycles. The highest BCUT2D eigenvalue weighted by Gasteiger charge is 2.24. The minimum Gasteiger partial charge on any atom is -0.383 e. The van der Waals surface area contributed by atoms with Crippen LogP contribution in [0.3, 0.4) is 0 Å². The number of anilines is 1. The van der Waals surface area contributed by atoms with E-state index in [0.29, 0.717) is 25.5 Å². The van der Waals surface area contributed by atoms with Crippen LogP contribution in [-0.4, -0.2) is 36.6 Å². The molecule has 1 atom stereocenters. The van der Waals surface area contributed by atoms with E-state index in [1.165, 1.54) is 0 Å². The van der Waals surface area contributed by atoms with E-state index >= 15 is 0 Å². The molecule has 0 bridgehead atoms. The number of hydrogen-bond acceptors (Lipinski definition) is 4. The van der Waals surface area contributed by atoms with Gasteiger partial charge in [-0.1, -0.05) is 18.2 Å². The number of hydrogen-bond donors (Lipinski definition) is 3. The lowest BCUT2D eigenvalue weighted by atomic mass is 10.1. The first-order valence-electron chi connectivity index (χ1n) is 10.2. The van der Waals surface area contributed by atoms with Gasteiger partial charge in [-0.15, -0.1) is 11.3 Å². The summed E-state index contributed by atoms with van der Waals surface area (Å²) in [5, 5.41) is 19.1. The van der Waals surface area contributed by atoms with Crippen molar-refractivity contribution in [2.24, 2.45) is 4.99 Å². The van der Waals surface area contributed by atoms with Crippen LogP contribution in [-0.2, 0) is 16.9 Å². The molecule has 0 radical (unpaired) electrons. The molecule has 1 aliphatic heterocycles. The standard InChI is InChI=1S/C22H30N4O2S/c1-3-23-21(25-16-22(2,28)19-7-6-14-29-19)24-15-17-9-11-18(12-10-17)26-13-5-4-8-20(26)27/h6-7,9-12,14,28H,3-5,8,13,15-16H2,1-2H3,(H2,23,24,25). The molecule has 3 rings (SSSR count). The molecule has 1 saturated heterocycles. The van der Waals surface area contributed by atoms with Crippen molar-refractivity contribution in [3.05, 3.63) is 52.2 Å². The second-order valence-electron chi connectivity index (χ2n) is 7.47. The molecule has 0 spiro atoms. The predicted octanol–water partition coefficient (Wildman–Crippen LogP) is 3.23. The molecule has 29 heavy (non-hydrogen) atoms. The van der Waals surface area contributed by atoms with Crippen LogP contribution < -0.4 is 15.5 Å². The molecular formula is C22H30N4O2S. The second kappa shape index (κ2) is 9.89. The molecule has 1 fully saturated rings. The van der Waals surface area contributed by atoms with Crippen LogP contribution in [0.1, 0.15) is 43.6 Å². The number of guanidine groups is 1. The molecule has 7 heteroatoms. The van der Waals surface area contributed by atoms with Gasteiger partial charge in [-0.05, 0) is 55.8 Å². The summed E-state index contributed by atoms with van der Waals surface area (Å²) in [6.07, 6.45) is 2.69. The fourth-order valence-electron chi connectivity index (χ4n) is 3.30. The quantitative estimate of drug-likeness (QED) is 0.480. The summed E-state index contributed by atoms with van der Waals surface area (Å²) < 4.78 is 0. The summed E-state index contributed by atoms with van der Waals surface area (Å²) in [5.74, 6) is 0.873. The minimum absolute atomic E-state index is 0.207. The molecule has 1 aliphatic rings. The Balaban J connectivity index is 1.60. The minimum atomic E-state index is -0.951. The predicted molar refractivity (Wildman–Crippen MR) is 119 cm³/mol. The average molecular weight is 415 g/mol. The average Bonchev–Trinajstić information content (AvgIpc) is 3.27. The molecule has 3 N–H and O–H groups in total. The first kappa shape index (κ1) is 21.3. The van der Waals surface area contributed by atoms with E-state index in [1.54, 1.807) is 18.3 Å². The Morgan fingerprint density at radius 2 is 2.03 bits per heavy atom. The Morgan fingerprint density at radius 3 is 2.69 bits per heavy atom. The summed E-state index contributed by atoms with van der Waals surface area (Å²) in [6, 6.07) is 11.9. The topological polar surface area (TPSA) is 77.0 Å². The van der Waals surface area contributed by atoms with Gasteiger partial charge in [-0.25, -0.2) is 4.99 Å². The van der Waals surface area contributed by atoms with Crippen LogP contribution in [0, 0.1) is 0 Å². The van der Waals surface area contributed by atoms with Crippen LogP contribution in [0.4, 0.5) is 5.69 Å². The maximum atomic E-state index is 12.1. The van der Waals surface area contributed by atoms with E-state index in [9.17, 15) is 9.90 Å². The SMILES string of the molecule is CCNC(=NCc1ccc(N2CCCCC2=O)cc1)NCC(C)(O)c1cccs1. The third-order valence-corrected chi connectivity index (χ3v) is 6.11. The fraction of sp³-hybridized carbons (Fsp3) is 0.455. The summed E-state index contributed by atoms with van der Waals surface area (Å²) >= 11 is 1.54. The lowest BCUT2D eigenvalue weighted by Crippen LogP contribution is -2.44. The normalized spacial score (nSPS) is 17.1. The maximum absolute atomic E-state index is 12.1. The molecular weight excluding hydrogens is 384 g/mol. The fourth-order valence-corrected chi connectivity index (χ4v) is 4.09. The third-order valence-electron chi connectivity index (χ3n) is 4.99. The van der Waals surface area contributed by atoms with E-state index in [4.69, 9.17) is 0 Å². The van der Waals surface area contributed by atoms with Gasteiger partial charge in [0, 0.05) is 30.1 Å². The Bertz CT molecular complexity index is 816. The molecule has 6 nitrogen and oxygen atoms in total. The first-order valence-corrected chi connectivity index (χ1v) is 11.1. The molecule has 1 aromatic carbocycles. The Hall–Kier alpha value is -2.38. The third kappa shape index (κ3) is 5.81. The van der Waals surface area contributed by atoms with Gasteiger partial charge >= 0.3 is 0 Å². The summed E-state index contributed by atoms with van der Waals surface area (Å²) in [7, 11) is 0. The molecule has 2 aromatic rings. The monoisotopic (exact) mass is 414 g/mol. The van der Waals surface area contributed by atoms with Crippen molar-refractivity contribution in [2.75, 3.05) is 24.5 Å². The van der Waals surface area contributed by atoms with Gasteiger partial charge in [0.15, 0.2) is 5.96 Å². The number of nitrogens with one attached hydrogen (secondary N) is 2. The molecule has 1 aromatic heterocycles. The number of nitrogens with zero attached hydrogens (tertiary/aromatic N) is 2. The van der Waals surface area contributed by atoms with E-state index in [1.807, 2.05) is 53.6 Å². The van der Waals surface area contributed by atoms with Crippen molar-refractivity contribution in [2.45, 2.75) is 45.3 Å². The van der Waals surface area contributed by atoms with Crippen molar-refractivity contribution in [3.63, 3.8) is 0 Å². The number of carbonyl (C=O) groups excluding carboxylic acids is 1. The number of amides is 1. The Morgan fingerprint density at radius 1 is 1.24 bits per heavy atom. The van der Waals surface area contributed by atoms with Gasteiger partial charge in [0.05, 0.1) is 13.1 Å². The molecule has 1 unspecified atom stereocenters. The summed E-state index contributed by atoms with van der Waals surface area (Å²) in [5.41, 5.74) is 1.08. The van der Waals surface area contributed by atoms with Crippen LogP contribution >= 0.6 is 11.3 Å². The first-order chi connectivity index (χ1) is 14.0. The largest absolute Gasteiger partial charge is 0.383 e. The van der Waals surface area contributed by atoms with E-state index in [0.717, 1.165) is 42.1 Å². The van der Waals surface area contributed by atoms with E-state index < -0.39 is 5.60 Å². The van der Waals surface area contributed by atoms with Crippen molar-refractivity contribution >= 4 is 28.9 Å². The van der Waals surface area contributed by atoms with Crippen molar-refractivity contribution in [1.29, 1.82) is 0 Å². The smallest absolute Gasteiger partial charge is 0.226 e. The van der Waals surface area contributed by atoms with Gasteiger partial charge in [-0.2, -0.15) is 0 Å². The number of carbonyl (C=O) groups is 1. The molecule has 1 amide bonds. The van der Waals surface area contributed by atoms with Crippen LogP contribution in [0.5, 0.6) is 0 Å². The van der Waals surface area contributed by atoms with Crippen molar-refractivity contribution < 1.29 is 9.90 Å². The Kier molecular flexibility index (Phi) is 7.28. The zero-order chi connectivity index (χ0) is 20.7. The lowest BCUT2D eigenvalue weighted by Gasteiger charge is -2.26. The number of aliphatic hydroxyl groups is 1. The number of piperidine rings is 1. The zero-order valence-corrected chi connectivity index (χ0v) is 18.0. The maximum Gasteiger partial charge on any atom is 0.226 e. The van der Waals surface area contributed by atoms with Gasteiger partial charge in [0.1, 0.15) is 5.60 Å². The van der Waals surface area contributed by atoms with Crippen LogP contribution in [0.25, 0.3) is 0 Å². The van der Waals surface area contributed by atoms with Gasteiger partial charge in [0.25, 0.3) is 0 Å².